The molecule has 0 aromatic carbocycles. The normalized spacial score (nSPS) is 29.9. The zero-order chi connectivity index (χ0) is 19.6. The maximum absolute atomic E-state index is 14.2. The van der Waals surface area contributed by atoms with Crippen molar-refractivity contribution in [3.8, 4) is 0 Å². The van der Waals surface area contributed by atoms with Crippen molar-refractivity contribution in [2.75, 3.05) is 39.4 Å². The number of carbonyl (C=O) groups is 1. The maximum atomic E-state index is 14.2. The Morgan fingerprint density at radius 2 is 2.25 bits per heavy atom. The molecule has 3 heterocycles. The fourth-order valence-corrected chi connectivity index (χ4v) is 4.68. The van der Waals surface area contributed by atoms with E-state index in [4.69, 9.17) is 14.4 Å². The van der Waals surface area contributed by atoms with Crippen molar-refractivity contribution in [1.29, 1.82) is 0 Å². The number of morpholine rings is 1. The average molecular weight is 395 g/mol. The number of hydrogen-bond donors (Lipinski definition) is 1. The van der Waals surface area contributed by atoms with Crippen molar-refractivity contribution in [2.24, 2.45) is 0 Å². The third-order valence-electron chi connectivity index (χ3n) is 6.69. The number of aromatic nitrogens is 1. The highest BCUT2D eigenvalue weighted by Crippen LogP contribution is 2.41. The summed E-state index contributed by atoms with van der Waals surface area (Å²) in [4.78, 5) is 16.6. The van der Waals surface area contributed by atoms with Gasteiger partial charge in [-0.05, 0) is 38.6 Å². The minimum atomic E-state index is -1.65. The van der Waals surface area contributed by atoms with Gasteiger partial charge in [-0.15, -0.1) is 0 Å². The second-order valence-corrected chi connectivity index (χ2v) is 8.67. The van der Waals surface area contributed by atoms with Crippen LogP contribution in [0.25, 0.3) is 0 Å². The molecule has 4 rings (SSSR count). The van der Waals surface area contributed by atoms with E-state index >= 15 is 0 Å². The Labute approximate surface area is 164 Å². The van der Waals surface area contributed by atoms with Crippen molar-refractivity contribution in [1.82, 2.24) is 15.0 Å². The van der Waals surface area contributed by atoms with Crippen molar-refractivity contribution < 1.29 is 23.6 Å². The predicted molar refractivity (Wildman–Crippen MR) is 99.5 cm³/mol. The molecule has 2 aliphatic heterocycles. The van der Waals surface area contributed by atoms with E-state index in [9.17, 15) is 9.18 Å². The van der Waals surface area contributed by atoms with Gasteiger partial charge in [0.05, 0.1) is 38.5 Å². The van der Waals surface area contributed by atoms with E-state index in [1.807, 2.05) is 0 Å². The van der Waals surface area contributed by atoms with Gasteiger partial charge in [0.15, 0.2) is 5.67 Å². The summed E-state index contributed by atoms with van der Waals surface area (Å²) in [5, 5.41) is 12.9. The van der Waals surface area contributed by atoms with E-state index in [2.05, 4.69) is 10.1 Å². The molecule has 8 heteroatoms. The number of rotatable bonds is 7. The molecule has 1 aromatic heterocycles. The van der Waals surface area contributed by atoms with Gasteiger partial charge in [-0.25, -0.2) is 4.39 Å². The SMILES string of the molecule is O=C(CC1CN(CCCc2cnoc2)C2(CCC2)CO1)N1CCC(F)(CO)C1. The largest absolute Gasteiger partial charge is 0.393 e. The predicted octanol–water partition coefficient (Wildman–Crippen LogP) is 1.55. The molecular formula is C20H30FN3O4. The number of hydrogen-bond acceptors (Lipinski definition) is 6. The van der Waals surface area contributed by atoms with E-state index in [-0.39, 0.29) is 36.9 Å². The van der Waals surface area contributed by atoms with Gasteiger partial charge in [0, 0.05) is 30.6 Å². The molecule has 1 spiro atoms. The number of aryl methyl sites for hydroxylation is 1. The van der Waals surface area contributed by atoms with Crippen LogP contribution in [0.2, 0.25) is 0 Å². The van der Waals surface area contributed by atoms with E-state index in [0.29, 0.717) is 13.2 Å². The summed E-state index contributed by atoms with van der Waals surface area (Å²) < 4.78 is 25.2. The third-order valence-corrected chi connectivity index (χ3v) is 6.69. The van der Waals surface area contributed by atoms with Crippen molar-refractivity contribution in [2.45, 2.75) is 62.3 Å². The molecule has 1 aliphatic carbocycles. The minimum absolute atomic E-state index is 0.0125. The molecule has 3 aliphatic rings. The second-order valence-electron chi connectivity index (χ2n) is 8.67. The summed E-state index contributed by atoms with van der Waals surface area (Å²) >= 11 is 0. The van der Waals surface area contributed by atoms with Crippen LogP contribution in [0.5, 0.6) is 0 Å². The van der Waals surface area contributed by atoms with E-state index in [0.717, 1.165) is 44.3 Å². The number of nitrogens with zero attached hydrogens (tertiary/aromatic N) is 3. The zero-order valence-electron chi connectivity index (χ0n) is 16.3. The number of carbonyl (C=O) groups excluding carboxylic acids is 1. The van der Waals surface area contributed by atoms with Crippen molar-refractivity contribution in [3.05, 3.63) is 18.0 Å². The molecule has 1 N–H and O–H groups in total. The maximum Gasteiger partial charge on any atom is 0.225 e. The lowest BCUT2D eigenvalue weighted by atomic mass is 9.74. The first-order valence-electron chi connectivity index (χ1n) is 10.3. The van der Waals surface area contributed by atoms with E-state index in [1.165, 1.54) is 11.3 Å². The molecule has 2 saturated heterocycles. The standard InChI is InChI=1S/C20H30FN3O4/c21-19(14-25)6-8-23(13-19)18(26)9-17-11-24(20(15-27-17)4-2-5-20)7-1-3-16-10-22-28-12-16/h10,12,17,25H,1-9,11,13-15H2. The Bertz CT molecular complexity index is 666. The highest BCUT2D eigenvalue weighted by atomic mass is 19.1. The number of amides is 1. The first-order valence-corrected chi connectivity index (χ1v) is 10.3. The van der Waals surface area contributed by atoms with Gasteiger partial charge in [0.2, 0.25) is 5.91 Å². The molecule has 3 fully saturated rings. The smallest absolute Gasteiger partial charge is 0.225 e. The summed E-state index contributed by atoms with van der Waals surface area (Å²) in [7, 11) is 0. The molecular weight excluding hydrogens is 365 g/mol. The quantitative estimate of drug-likeness (QED) is 0.755. The summed E-state index contributed by atoms with van der Waals surface area (Å²) in [6.07, 6.45) is 9.23. The van der Waals surface area contributed by atoms with Gasteiger partial charge in [-0.3, -0.25) is 9.69 Å². The topological polar surface area (TPSA) is 79.0 Å². The number of halogens is 1. The fraction of sp³-hybridized carbons (Fsp3) is 0.800. The Hall–Kier alpha value is -1.51. The van der Waals surface area contributed by atoms with Gasteiger partial charge >= 0.3 is 0 Å². The molecule has 0 radical (unpaired) electrons. The summed E-state index contributed by atoms with van der Waals surface area (Å²) in [6.45, 7) is 2.20. The van der Waals surface area contributed by atoms with Crippen LogP contribution in [0, 0.1) is 0 Å². The molecule has 2 atom stereocenters. The molecule has 1 aromatic rings. The van der Waals surface area contributed by atoms with Crippen LogP contribution in [-0.4, -0.2) is 82.7 Å². The van der Waals surface area contributed by atoms with Crippen LogP contribution in [0.3, 0.4) is 0 Å². The van der Waals surface area contributed by atoms with E-state index < -0.39 is 12.3 Å². The van der Waals surface area contributed by atoms with Crippen LogP contribution in [0.4, 0.5) is 4.39 Å². The van der Waals surface area contributed by atoms with Crippen molar-refractivity contribution >= 4 is 5.91 Å². The number of alkyl halides is 1. The number of aliphatic hydroxyl groups is 1. The summed E-state index contributed by atoms with van der Waals surface area (Å²) in [5.41, 5.74) is -0.407. The first-order chi connectivity index (χ1) is 13.5. The van der Waals surface area contributed by atoms with Crippen molar-refractivity contribution in [3.63, 3.8) is 0 Å². The number of aliphatic hydroxyl groups excluding tert-OH is 1. The lowest BCUT2D eigenvalue weighted by Gasteiger charge is -2.54. The monoisotopic (exact) mass is 395 g/mol. The van der Waals surface area contributed by atoms with Gasteiger partial charge in [-0.2, -0.15) is 0 Å². The Balaban J connectivity index is 1.30. The van der Waals surface area contributed by atoms with Gasteiger partial charge in [0.1, 0.15) is 6.26 Å². The lowest BCUT2D eigenvalue weighted by molar-refractivity contribution is -0.155. The molecule has 2 unspecified atom stereocenters. The highest BCUT2D eigenvalue weighted by molar-refractivity contribution is 5.77. The number of ether oxygens (including phenoxy) is 1. The average Bonchev–Trinajstić information content (AvgIpc) is 3.31. The second kappa shape index (κ2) is 8.08. The van der Waals surface area contributed by atoms with Crippen LogP contribution in [0.1, 0.15) is 44.1 Å². The lowest BCUT2D eigenvalue weighted by Crippen LogP contribution is -2.63. The Morgan fingerprint density at radius 1 is 1.39 bits per heavy atom. The molecule has 1 amide bonds. The summed E-state index contributed by atoms with van der Waals surface area (Å²) in [6, 6.07) is 0. The van der Waals surface area contributed by atoms with Crippen LogP contribution < -0.4 is 0 Å². The minimum Gasteiger partial charge on any atom is -0.393 e. The molecule has 0 bridgehead atoms. The number of likely N-dealkylation sites (tertiary alicyclic amines) is 1. The van der Waals surface area contributed by atoms with Crippen LogP contribution in [0.15, 0.2) is 17.0 Å². The zero-order valence-corrected chi connectivity index (χ0v) is 16.3. The first kappa shape index (κ1) is 19.8. The molecule has 28 heavy (non-hydrogen) atoms. The van der Waals surface area contributed by atoms with Gasteiger partial charge in [-0.1, -0.05) is 5.16 Å². The van der Waals surface area contributed by atoms with E-state index in [1.54, 1.807) is 12.5 Å². The fourth-order valence-electron chi connectivity index (χ4n) is 4.68. The molecule has 1 saturated carbocycles. The molecule has 156 valence electrons. The van der Waals surface area contributed by atoms with Crippen LogP contribution in [-0.2, 0) is 16.0 Å². The summed E-state index contributed by atoms with van der Waals surface area (Å²) in [5.74, 6) is -0.0769. The Kier molecular flexibility index (Phi) is 5.71. The van der Waals surface area contributed by atoms with Gasteiger partial charge < -0.3 is 19.3 Å². The third kappa shape index (κ3) is 4.09. The van der Waals surface area contributed by atoms with Gasteiger partial charge in [0.25, 0.3) is 0 Å². The highest BCUT2D eigenvalue weighted by Gasteiger charge is 2.47. The molecule has 7 nitrogen and oxygen atoms in total. The van der Waals surface area contributed by atoms with Crippen LogP contribution >= 0.6 is 0 Å². The Morgan fingerprint density at radius 3 is 2.89 bits per heavy atom.